The van der Waals surface area contributed by atoms with Crippen LogP contribution in [0.15, 0.2) is 29.4 Å². The van der Waals surface area contributed by atoms with Crippen LogP contribution in [-0.4, -0.2) is 27.3 Å². The third-order valence-corrected chi connectivity index (χ3v) is 3.03. The molecule has 0 bridgehead atoms. The first-order valence-corrected chi connectivity index (χ1v) is 6.27. The SMILES string of the molecule is C=C(Cl)COC(=O)c1csc(-c2cnn(C)c2)n1. The van der Waals surface area contributed by atoms with Crippen LogP contribution in [0.3, 0.4) is 0 Å². The second kappa shape index (κ2) is 5.32. The van der Waals surface area contributed by atoms with E-state index in [0.29, 0.717) is 0 Å². The van der Waals surface area contributed by atoms with Gasteiger partial charge in [-0.15, -0.1) is 11.3 Å². The second-order valence-electron chi connectivity index (χ2n) is 3.53. The van der Waals surface area contributed by atoms with Crippen molar-refractivity contribution in [1.29, 1.82) is 0 Å². The Bertz CT molecular complexity index is 591. The number of esters is 1. The summed E-state index contributed by atoms with van der Waals surface area (Å²) in [4.78, 5) is 15.8. The van der Waals surface area contributed by atoms with Gasteiger partial charge in [-0.25, -0.2) is 9.78 Å². The van der Waals surface area contributed by atoms with Crippen molar-refractivity contribution in [1.82, 2.24) is 14.8 Å². The van der Waals surface area contributed by atoms with Gasteiger partial charge in [-0.1, -0.05) is 18.2 Å². The number of carbonyl (C=O) groups excluding carboxylic acids is 1. The number of thiazole rings is 1. The molecule has 5 nitrogen and oxygen atoms in total. The fourth-order valence-electron chi connectivity index (χ4n) is 1.25. The lowest BCUT2D eigenvalue weighted by molar-refractivity contribution is 0.0540. The molecule has 2 rings (SSSR count). The summed E-state index contributed by atoms with van der Waals surface area (Å²) in [7, 11) is 1.82. The molecule has 0 saturated heterocycles. The number of aromatic nitrogens is 3. The lowest BCUT2D eigenvalue weighted by atomic mass is 10.4. The molecule has 7 heteroatoms. The Balaban J connectivity index is 2.10. The molecule has 0 amide bonds. The van der Waals surface area contributed by atoms with Gasteiger partial charge in [-0.3, -0.25) is 4.68 Å². The number of hydrogen-bond acceptors (Lipinski definition) is 5. The van der Waals surface area contributed by atoms with Crippen LogP contribution in [0.25, 0.3) is 10.6 Å². The summed E-state index contributed by atoms with van der Waals surface area (Å²) in [6, 6.07) is 0. The maximum atomic E-state index is 11.6. The highest BCUT2D eigenvalue weighted by atomic mass is 35.5. The van der Waals surface area contributed by atoms with Crippen molar-refractivity contribution in [2.24, 2.45) is 7.05 Å². The fourth-order valence-corrected chi connectivity index (χ4v) is 2.07. The molecule has 0 fully saturated rings. The average molecular weight is 284 g/mol. The first kappa shape index (κ1) is 12.8. The van der Waals surface area contributed by atoms with Crippen molar-refractivity contribution in [3.05, 3.63) is 35.1 Å². The summed E-state index contributed by atoms with van der Waals surface area (Å²) in [5.74, 6) is -0.511. The third kappa shape index (κ3) is 2.96. The van der Waals surface area contributed by atoms with Crippen molar-refractivity contribution in [2.45, 2.75) is 0 Å². The van der Waals surface area contributed by atoms with E-state index in [4.69, 9.17) is 16.3 Å². The van der Waals surface area contributed by atoms with E-state index in [1.165, 1.54) is 11.3 Å². The van der Waals surface area contributed by atoms with Crippen LogP contribution in [0.2, 0.25) is 0 Å². The van der Waals surface area contributed by atoms with Crippen LogP contribution in [0.4, 0.5) is 0 Å². The van der Waals surface area contributed by atoms with Gasteiger partial charge < -0.3 is 4.74 Å². The van der Waals surface area contributed by atoms with Crippen LogP contribution in [0, 0.1) is 0 Å². The summed E-state index contributed by atoms with van der Waals surface area (Å²) < 4.78 is 6.57. The Labute approximate surface area is 113 Å². The molecule has 18 heavy (non-hydrogen) atoms. The molecule has 0 saturated carbocycles. The number of nitrogens with zero attached hydrogens (tertiary/aromatic N) is 3. The quantitative estimate of drug-likeness (QED) is 0.809. The van der Waals surface area contributed by atoms with Gasteiger partial charge in [0, 0.05) is 29.2 Å². The van der Waals surface area contributed by atoms with E-state index >= 15 is 0 Å². The zero-order valence-corrected chi connectivity index (χ0v) is 11.2. The standard InChI is InChI=1S/C11H10ClN3O2S/c1-7(12)5-17-11(16)9-6-18-10(14-9)8-3-13-15(2)4-8/h3-4,6H,1,5H2,2H3. The lowest BCUT2D eigenvalue weighted by Crippen LogP contribution is -2.06. The summed E-state index contributed by atoms with van der Waals surface area (Å²) >= 11 is 6.87. The second-order valence-corrected chi connectivity index (χ2v) is 4.93. The van der Waals surface area contributed by atoms with Crippen LogP contribution in [0.1, 0.15) is 10.5 Å². The van der Waals surface area contributed by atoms with E-state index in [9.17, 15) is 4.79 Å². The minimum atomic E-state index is -0.511. The van der Waals surface area contributed by atoms with Gasteiger partial charge in [0.15, 0.2) is 5.69 Å². The Morgan fingerprint density at radius 3 is 3.06 bits per heavy atom. The summed E-state index contributed by atoms with van der Waals surface area (Å²) in [6.07, 6.45) is 3.52. The molecule has 0 aliphatic heterocycles. The van der Waals surface area contributed by atoms with Gasteiger partial charge >= 0.3 is 5.97 Å². The highest BCUT2D eigenvalue weighted by Gasteiger charge is 2.14. The molecule has 2 aromatic rings. The molecule has 94 valence electrons. The van der Waals surface area contributed by atoms with Crippen LogP contribution in [-0.2, 0) is 11.8 Å². The Morgan fingerprint density at radius 2 is 2.44 bits per heavy atom. The van der Waals surface area contributed by atoms with Crippen molar-refractivity contribution >= 4 is 28.9 Å². The Kier molecular flexibility index (Phi) is 3.78. The Morgan fingerprint density at radius 1 is 1.67 bits per heavy atom. The molecule has 2 heterocycles. The Hall–Kier alpha value is -1.66. The van der Waals surface area contributed by atoms with Crippen LogP contribution < -0.4 is 0 Å². The molecule has 0 aliphatic carbocycles. The zero-order chi connectivity index (χ0) is 13.1. The number of aryl methyl sites for hydroxylation is 1. The predicted octanol–water partition coefficient (Wildman–Crippen LogP) is 2.45. The van der Waals surface area contributed by atoms with Gasteiger partial charge in [-0.2, -0.15) is 5.10 Å². The summed E-state index contributed by atoms with van der Waals surface area (Å²) in [6.45, 7) is 3.42. The van der Waals surface area contributed by atoms with E-state index < -0.39 is 5.97 Å². The summed E-state index contributed by atoms with van der Waals surface area (Å²) in [5.41, 5.74) is 1.13. The van der Waals surface area contributed by atoms with Gasteiger partial charge in [0.2, 0.25) is 0 Å². The van der Waals surface area contributed by atoms with Crippen molar-refractivity contribution < 1.29 is 9.53 Å². The van der Waals surface area contributed by atoms with E-state index in [0.717, 1.165) is 10.6 Å². The number of ether oxygens (including phenoxy) is 1. The predicted molar refractivity (Wildman–Crippen MR) is 69.6 cm³/mol. The largest absolute Gasteiger partial charge is 0.455 e. The maximum Gasteiger partial charge on any atom is 0.358 e. The summed E-state index contributed by atoms with van der Waals surface area (Å²) in [5, 5.41) is 6.68. The molecular weight excluding hydrogens is 274 g/mol. The van der Waals surface area contributed by atoms with Crippen LogP contribution in [0.5, 0.6) is 0 Å². The van der Waals surface area contributed by atoms with E-state index in [1.54, 1.807) is 16.3 Å². The minimum absolute atomic E-state index is 0.0137. The average Bonchev–Trinajstić information content (AvgIpc) is 2.93. The molecule has 0 aromatic carbocycles. The maximum absolute atomic E-state index is 11.6. The van der Waals surface area contributed by atoms with E-state index in [-0.39, 0.29) is 17.3 Å². The molecule has 0 atom stereocenters. The number of carbonyl (C=O) groups is 1. The highest BCUT2D eigenvalue weighted by Crippen LogP contribution is 2.23. The fraction of sp³-hybridized carbons (Fsp3) is 0.182. The van der Waals surface area contributed by atoms with Gasteiger partial charge in [0.1, 0.15) is 11.6 Å². The van der Waals surface area contributed by atoms with E-state index in [2.05, 4.69) is 16.7 Å². The first-order chi connectivity index (χ1) is 8.56. The van der Waals surface area contributed by atoms with Gasteiger partial charge in [0.05, 0.1) is 6.20 Å². The molecule has 0 unspecified atom stereocenters. The molecule has 0 N–H and O–H groups in total. The smallest absolute Gasteiger partial charge is 0.358 e. The number of halogens is 1. The number of hydrogen-bond donors (Lipinski definition) is 0. The first-order valence-electron chi connectivity index (χ1n) is 5.01. The monoisotopic (exact) mass is 283 g/mol. The van der Waals surface area contributed by atoms with Gasteiger partial charge in [0.25, 0.3) is 0 Å². The highest BCUT2D eigenvalue weighted by molar-refractivity contribution is 7.13. The molecular formula is C11H10ClN3O2S. The van der Waals surface area contributed by atoms with Gasteiger partial charge in [-0.05, 0) is 0 Å². The van der Waals surface area contributed by atoms with Crippen molar-refractivity contribution in [3.63, 3.8) is 0 Å². The minimum Gasteiger partial charge on any atom is -0.455 e. The molecule has 2 aromatic heterocycles. The number of rotatable bonds is 4. The molecule has 0 spiro atoms. The lowest BCUT2D eigenvalue weighted by Gasteiger charge is -1.99. The van der Waals surface area contributed by atoms with Crippen LogP contribution >= 0.6 is 22.9 Å². The zero-order valence-electron chi connectivity index (χ0n) is 9.59. The third-order valence-electron chi connectivity index (χ3n) is 2.03. The molecule has 0 radical (unpaired) electrons. The topological polar surface area (TPSA) is 57.0 Å². The molecule has 0 aliphatic rings. The normalized spacial score (nSPS) is 10.3. The van der Waals surface area contributed by atoms with Crippen molar-refractivity contribution in [3.8, 4) is 10.6 Å². The van der Waals surface area contributed by atoms with E-state index in [1.807, 2.05) is 13.2 Å². The van der Waals surface area contributed by atoms with Crippen molar-refractivity contribution in [2.75, 3.05) is 6.61 Å².